The topological polar surface area (TPSA) is 105 Å². The van der Waals surface area contributed by atoms with Gasteiger partial charge in [-0.3, -0.25) is 14.4 Å². The smallest absolute Gasteiger partial charge is 0.305 e. The summed E-state index contributed by atoms with van der Waals surface area (Å²) in [6.07, 6.45) is 1.42. The molecule has 2 aromatic heterocycles. The molecule has 9 heteroatoms. The molecule has 8 nitrogen and oxygen atoms in total. The van der Waals surface area contributed by atoms with Gasteiger partial charge in [-0.2, -0.15) is 5.10 Å². The van der Waals surface area contributed by atoms with Gasteiger partial charge in [0.25, 0.3) is 11.5 Å². The Kier molecular flexibility index (Phi) is 5.14. The Balaban J connectivity index is 2.00. The zero-order valence-electron chi connectivity index (χ0n) is 15.8. The van der Waals surface area contributed by atoms with Crippen molar-refractivity contribution in [2.75, 3.05) is 6.54 Å². The number of carboxylic acid groups (broad SMARTS) is 1. The highest BCUT2D eigenvalue weighted by atomic mass is 32.1. The van der Waals surface area contributed by atoms with E-state index in [1.165, 1.54) is 16.0 Å². The zero-order valence-corrected chi connectivity index (χ0v) is 16.6. The first-order valence-corrected chi connectivity index (χ1v) is 9.57. The van der Waals surface area contributed by atoms with Gasteiger partial charge < -0.3 is 10.0 Å². The molecule has 1 aliphatic rings. The molecule has 144 valence electrons. The minimum atomic E-state index is -0.909. The molecule has 3 heterocycles. The lowest BCUT2D eigenvalue weighted by Gasteiger charge is -2.22. The molecule has 0 aromatic carbocycles. The number of amides is 1. The van der Waals surface area contributed by atoms with E-state index in [0.29, 0.717) is 34.1 Å². The minimum Gasteiger partial charge on any atom is -0.481 e. The summed E-state index contributed by atoms with van der Waals surface area (Å²) < 4.78 is 1.28. The molecule has 1 atom stereocenters. The Labute approximate surface area is 160 Å². The maximum absolute atomic E-state index is 13.0. The summed E-state index contributed by atoms with van der Waals surface area (Å²) in [5.74, 6) is -1.12. The number of aliphatic carboxylic acids is 1. The monoisotopic (exact) mass is 390 g/mol. The highest BCUT2D eigenvalue weighted by Crippen LogP contribution is 2.31. The van der Waals surface area contributed by atoms with E-state index in [1.807, 2.05) is 13.8 Å². The molecule has 3 rings (SSSR count). The molecule has 0 radical (unpaired) electrons. The van der Waals surface area contributed by atoms with E-state index in [-0.39, 0.29) is 23.9 Å². The van der Waals surface area contributed by atoms with E-state index in [2.05, 4.69) is 10.1 Å². The number of aromatic nitrogens is 3. The number of aryl methyl sites for hydroxylation is 3. The molecule has 27 heavy (non-hydrogen) atoms. The number of carbonyl (C=O) groups is 2. The summed E-state index contributed by atoms with van der Waals surface area (Å²) in [6, 6.07) is -0.294. The second kappa shape index (κ2) is 7.22. The summed E-state index contributed by atoms with van der Waals surface area (Å²) in [6.45, 7) is 5.92. The number of thiazole rings is 1. The molecule has 1 amide bonds. The summed E-state index contributed by atoms with van der Waals surface area (Å²) in [4.78, 5) is 43.2. The second-order valence-corrected chi connectivity index (χ2v) is 7.84. The molecule has 1 fully saturated rings. The normalized spacial score (nSPS) is 16.7. The van der Waals surface area contributed by atoms with E-state index in [9.17, 15) is 14.4 Å². The number of likely N-dealkylation sites (tertiary alicyclic amines) is 1. The van der Waals surface area contributed by atoms with Crippen molar-refractivity contribution in [1.82, 2.24) is 19.7 Å². The van der Waals surface area contributed by atoms with E-state index in [0.717, 1.165) is 17.7 Å². The number of hydrogen-bond donors (Lipinski definition) is 1. The zero-order chi connectivity index (χ0) is 19.9. The van der Waals surface area contributed by atoms with Crippen molar-refractivity contribution in [3.05, 3.63) is 32.2 Å². The van der Waals surface area contributed by atoms with Crippen LogP contribution in [-0.2, 0) is 11.8 Å². The van der Waals surface area contributed by atoms with Gasteiger partial charge in [0.05, 0.1) is 23.4 Å². The van der Waals surface area contributed by atoms with Crippen molar-refractivity contribution in [2.24, 2.45) is 7.05 Å². The summed E-state index contributed by atoms with van der Waals surface area (Å²) in [5.41, 5.74) is 2.23. The molecule has 2 aromatic rings. The Morgan fingerprint density at radius 2 is 1.96 bits per heavy atom. The van der Waals surface area contributed by atoms with Crippen molar-refractivity contribution in [1.29, 1.82) is 0 Å². The molecular weight excluding hydrogens is 368 g/mol. The van der Waals surface area contributed by atoms with Crippen LogP contribution in [0, 0.1) is 20.8 Å². The van der Waals surface area contributed by atoms with Gasteiger partial charge >= 0.3 is 5.97 Å². The average molecular weight is 390 g/mol. The van der Waals surface area contributed by atoms with Gasteiger partial charge in [0.2, 0.25) is 0 Å². The first-order chi connectivity index (χ1) is 12.7. The van der Waals surface area contributed by atoms with Crippen LogP contribution >= 0.6 is 11.3 Å². The fourth-order valence-corrected chi connectivity index (χ4v) is 4.57. The molecule has 1 aliphatic heterocycles. The molecular formula is C18H22N4O4S. The lowest BCUT2D eigenvalue weighted by Crippen LogP contribution is -2.36. The SMILES string of the molecule is Cc1nc(-c2c(C)c(C)nn(C)c2=O)sc1C(=O)N1CCCC1CC(=O)O. The van der Waals surface area contributed by atoms with Crippen LogP contribution < -0.4 is 5.56 Å². The maximum atomic E-state index is 13.0. The van der Waals surface area contributed by atoms with Gasteiger partial charge in [0.1, 0.15) is 9.88 Å². The number of carboxylic acids is 1. The van der Waals surface area contributed by atoms with Gasteiger partial charge in [-0.25, -0.2) is 9.67 Å². The molecule has 1 saturated heterocycles. The molecule has 0 aliphatic carbocycles. The van der Waals surface area contributed by atoms with E-state index < -0.39 is 5.97 Å². The minimum absolute atomic E-state index is 0.0559. The average Bonchev–Trinajstić information content (AvgIpc) is 3.19. The van der Waals surface area contributed by atoms with Crippen LogP contribution in [-0.4, -0.2) is 49.2 Å². The number of rotatable bonds is 4. The molecule has 0 spiro atoms. The quantitative estimate of drug-likeness (QED) is 0.855. The van der Waals surface area contributed by atoms with Crippen LogP contribution in [0.2, 0.25) is 0 Å². The first-order valence-electron chi connectivity index (χ1n) is 8.75. The van der Waals surface area contributed by atoms with Crippen LogP contribution in [0.25, 0.3) is 10.6 Å². The van der Waals surface area contributed by atoms with Gasteiger partial charge in [-0.05, 0) is 39.2 Å². The molecule has 0 bridgehead atoms. The number of nitrogens with zero attached hydrogens (tertiary/aromatic N) is 4. The number of hydrogen-bond acceptors (Lipinski definition) is 6. The van der Waals surface area contributed by atoms with Gasteiger partial charge in [0, 0.05) is 19.6 Å². The lowest BCUT2D eigenvalue weighted by molar-refractivity contribution is -0.137. The predicted octanol–water partition coefficient (Wildman–Crippen LogP) is 1.91. The van der Waals surface area contributed by atoms with E-state index in [4.69, 9.17) is 5.11 Å². The Morgan fingerprint density at radius 1 is 1.26 bits per heavy atom. The summed E-state index contributed by atoms with van der Waals surface area (Å²) >= 11 is 1.18. The third-order valence-corrected chi connectivity index (χ3v) is 6.14. The Morgan fingerprint density at radius 3 is 2.63 bits per heavy atom. The maximum Gasteiger partial charge on any atom is 0.305 e. The first kappa shape index (κ1) is 19.2. The predicted molar refractivity (Wildman–Crippen MR) is 101 cm³/mol. The highest BCUT2D eigenvalue weighted by Gasteiger charge is 2.33. The van der Waals surface area contributed by atoms with Crippen molar-refractivity contribution < 1.29 is 14.7 Å². The van der Waals surface area contributed by atoms with Crippen LogP contribution in [0.4, 0.5) is 0 Å². The largest absolute Gasteiger partial charge is 0.481 e. The molecule has 0 saturated carbocycles. The second-order valence-electron chi connectivity index (χ2n) is 6.84. The van der Waals surface area contributed by atoms with Crippen molar-refractivity contribution in [3.63, 3.8) is 0 Å². The molecule has 1 unspecified atom stereocenters. The van der Waals surface area contributed by atoms with Gasteiger partial charge in [-0.1, -0.05) is 0 Å². The van der Waals surface area contributed by atoms with Crippen LogP contribution in [0.3, 0.4) is 0 Å². The van der Waals surface area contributed by atoms with Crippen molar-refractivity contribution in [2.45, 2.75) is 46.1 Å². The van der Waals surface area contributed by atoms with Gasteiger partial charge in [0.15, 0.2) is 0 Å². The lowest BCUT2D eigenvalue weighted by atomic mass is 10.1. The van der Waals surface area contributed by atoms with Crippen molar-refractivity contribution >= 4 is 23.2 Å². The Hall–Kier alpha value is -2.55. The van der Waals surface area contributed by atoms with Crippen LogP contribution in [0.5, 0.6) is 0 Å². The van der Waals surface area contributed by atoms with Gasteiger partial charge in [-0.15, -0.1) is 11.3 Å². The van der Waals surface area contributed by atoms with E-state index in [1.54, 1.807) is 18.9 Å². The standard InChI is InChI=1S/C18H22N4O4S/c1-9-10(2)20-21(4)17(25)14(9)16-19-11(3)15(27-16)18(26)22-7-5-6-12(22)8-13(23)24/h12H,5-8H2,1-4H3,(H,23,24). The third-order valence-electron chi connectivity index (χ3n) is 4.98. The van der Waals surface area contributed by atoms with Crippen LogP contribution in [0.1, 0.15) is 45.9 Å². The molecule has 1 N–H and O–H groups in total. The van der Waals surface area contributed by atoms with E-state index >= 15 is 0 Å². The highest BCUT2D eigenvalue weighted by molar-refractivity contribution is 7.17. The van der Waals surface area contributed by atoms with Crippen LogP contribution in [0.15, 0.2) is 4.79 Å². The summed E-state index contributed by atoms with van der Waals surface area (Å²) in [7, 11) is 1.59. The Bertz CT molecular complexity index is 978. The third kappa shape index (κ3) is 3.51. The van der Waals surface area contributed by atoms with Crippen molar-refractivity contribution in [3.8, 4) is 10.6 Å². The summed E-state index contributed by atoms with van der Waals surface area (Å²) in [5, 5.41) is 13.7. The number of carbonyl (C=O) groups excluding carboxylic acids is 1. The fourth-order valence-electron chi connectivity index (χ4n) is 3.45. The fraction of sp³-hybridized carbons (Fsp3) is 0.500.